The summed E-state index contributed by atoms with van der Waals surface area (Å²) < 4.78 is 54.1. The van der Waals surface area contributed by atoms with Gasteiger partial charge in [0.25, 0.3) is 0 Å². The Kier molecular flexibility index (Phi) is 5.66. The van der Waals surface area contributed by atoms with Gasteiger partial charge in [-0.15, -0.1) is 0 Å². The van der Waals surface area contributed by atoms with Gasteiger partial charge in [-0.2, -0.15) is 10.1 Å². The molecule has 11 heteroatoms. The van der Waals surface area contributed by atoms with Crippen molar-refractivity contribution in [2.24, 2.45) is 0 Å². The Balaban J connectivity index is 1.96. The Bertz CT molecular complexity index is 1200. The molecule has 0 saturated carbocycles. The molecule has 150 valence electrons. The zero-order valence-corrected chi connectivity index (χ0v) is 17.1. The Hall–Kier alpha value is -2.53. The lowest BCUT2D eigenvalue weighted by Crippen LogP contribution is -2.12. The maximum absolute atomic E-state index is 12.2. The Morgan fingerprint density at radius 1 is 1.11 bits per heavy atom. The third kappa shape index (κ3) is 4.47. The molecule has 0 fully saturated rings. The normalized spacial score (nSPS) is 12.4. The van der Waals surface area contributed by atoms with Gasteiger partial charge in [0.2, 0.25) is 15.0 Å². The van der Waals surface area contributed by atoms with E-state index in [1.165, 1.54) is 10.9 Å². The van der Waals surface area contributed by atoms with Gasteiger partial charge in [0.15, 0.2) is 15.7 Å². The summed E-state index contributed by atoms with van der Waals surface area (Å²) in [7, 11) is -6.68. The van der Waals surface area contributed by atoms with Crippen LogP contribution in [0.1, 0.15) is 13.3 Å². The van der Waals surface area contributed by atoms with Crippen molar-refractivity contribution in [3.63, 3.8) is 0 Å². The minimum absolute atomic E-state index is 0.0239. The predicted molar refractivity (Wildman–Crippen MR) is 104 cm³/mol. The molecule has 0 saturated heterocycles. The average Bonchev–Trinajstić information content (AvgIpc) is 3.06. The van der Waals surface area contributed by atoms with E-state index in [1.807, 2.05) is 0 Å². The highest BCUT2D eigenvalue weighted by molar-refractivity contribution is 7.91. The van der Waals surface area contributed by atoms with E-state index in [9.17, 15) is 16.8 Å². The highest BCUT2D eigenvalue weighted by Gasteiger charge is 2.19. The molecule has 0 atom stereocenters. The van der Waals surface area contributed by atoms with Crippen LogP contribution in [0.25, 0.3) is 16.7 Å². The lowest BCUT2D eigenvalue weighted by molar-refractivity contribution is 0.345. The topological polar surface area (TPSA) is 121 Å². The van der Waals surface area contributed by atoms with E-state index in [0.29, 0.717) is 28.9 Å². The Morgan fingerprint density at radius 3 is 2.61 bits per heavy atom. The van der Waals surface area contributed by atoms with Crippen LogP contribution in [0.3, 0.4) is 0 Å². The number of aromatic nitrogens is 4. The number of fused-ring (bicyclic) bond motifs is 1. The fourth-order valence-corrected chi connectivity index (χ4v) is 4.16. The first-order chi connectivity index (χ1) is 13.2. The fourth-order valence-electron chi connectivity index (χ4n) is 2.60. The monoisotopic (exact) mass is 424 g/mol. The molecule has 2 aromatic heterocycles. The van der Waals surface area contributed by atoms with E-state index in [2.05, 4.69) is 15.1 Å². The van der Waals surface area contributed by atoms with E-state index in [4.69, 9.17) is 4.74 Å². The third-order valence-electron chi connectivity index (χ3n) is 3.87. The largest absolute Gasteiger partial charge is 0.492 e. The minimum Gasteiger partial charge on any atom is -0.492 e. The molecule has 0 spiro atoms. The predicted octanol–water partition coefficient (Wildman–Crippen LogP) is 1.42. The number of hydrogen-bond donors (Lipinski definition) is 0. The Labute approximate surface area is 163 Å². The molecule has 2 heterocycles. The first-order valence-corrected chi connectivity index (χ1v) is 12.3. The molecule has 28 heavy (non-hydrogen) atoms. The van der Waals surface area contributed by atoms with Crippen LogP contribution in [-0.2, 0) is 19.7 Å². The van der Waals surface area contributed by atoms with Crippen molar-refractivity contribution in [3.8, 4) is 11.6 Å². The molecule has 0 aliphatic carbocycles. The summed E-state index contributed by atoms with van der Waals surface area (Å²) in [5.74, 6) is 0.671. The van der Waals surface area contributed by atoms with Crippen LogP contribution in [0.4, 0.5) is 0 Å². The SMILES string of the molecule is CCCS(=O)(=O)c1nccc(-n2ncc3c(OCCS(C)(=O)=O)cccc32)n1. The van der Waals surface area contributed by atoms with Crippen molar-refractivity contribution in [1.29, 1.82) is 0 Å². The van der Waals surface area contributed by atoms with Crippen molar-refractivity contribution in [1.82, 2.24) is 19.7 Å². The smallest absolute Gasteiger partial charge is 0.249 e. The lowest BCUT2D eigenvalue weighted by Gasteiger charge is -2.08. The number of benzene rings is 1. The van der Waals surface area contributed by atoms with E-state index < -0.39 is 19.7 Å². The zero-order chi connectivity index (χ0) is 20.4. The molecular weight excluding hydrogens is 404 g/mol. The number of rotatable bonds is 8. The maximum Gasteiger partial charge on any atom is 0.249 e. The van der Waals surface area contributed by atoms with Gasteiger partial charge in [0.1, 0.15) is 12.4 Å². The van der Waals surface area contributed by atoms with E-state index in [-0.39, 0.29) is 23.3 Å². The van der Waals surface area contributed by atoms with Gasteiger partial charge in [-0.1, -0.05) is 13.0 Å². The van der Waals surface area contributed by atoms with E-state index in [1.54, 1.807) is 37.4 Å². The molecule has 0 aliphatic heterocycles. The second-order valence-corrected chi connectivity index (χ2v) is 10.5. The Morgan fingerprint density at radius 2 is 1.89 bits per heavy atom. The van der Waals surface area contributed by atoms with E-state index in [0.717, 1.165) is 6.26 Å². The summed E-state index contributed by atoms with van der Waals surface area (Å²) in [6.07, 6.45) is 4.56. The number of sulfone groups is 2. The second-order valence-electron chi connectivity index (χ2n) is 6.24. The highest BCUT2D eigenvalue weighted by atomic mass is 32.2. The number of hydrogen-bond acceptors (Lipinski definition) is 8. The molecule has 0 N–H and O–H groups in total. The second kappa shape index (κ2) is 7.84. The van der Waals surface area contributed by atoms with Crippen molar-refractivity contribution in [2.75, 3.05) is 24.4 Å². The molecule has 0 amide bonds. The summed E-state index contributed by atoms with van der Waals surface area (Å²) in [6, 6.07) is 6.81. The molecule has 0 radical (unpaired) electrons. The lowest BCUT2D eigenvalue weighted by atomic mass is 10.2. The maximum atomic E-state index is 12.2. The fraction of sp³-hybridized carbons (Fsp3) is 0.353. The van der Waals surface area contributed by atoms with Crippen LogP contribution in [0.15, 0.2) is 41.8 Å². The molecule has 0 aliphatic rings. The van der Waals surface area contributed by atoms with Crippen LogP contribution in [0, 0.1) is 0 Å². The summed E-state index contributed by atoms with van der Waals surface area (Å²) in [5, 5.41) is 4.71. The standard InChI is InChI=1S/C17H20N4O5S2/c1-3-10-28(24,25)17-18-8-7-16(20-17)21-14-5-4-6-15(13(14)12-19-21)26-9-11-27(2,22)23/h4-8,12H,3,9-11H2,1-2H3. The minimum atomic E-state index is -3.56. The average molecular weight is 425 g/mol. The van der Waals surface area contributed by atoms with Crippen molar-refractivity contribution >= 4 is 30.6 Å². The van der Waals surface area contributed by atoms with Gasteiger partial charge in [-0.25, -0.2) is 26.5 Å². The molecule has 9 nitrogen and oxygen atoms in total. The quantitative estimate of drug-likeness (QED) is 0.498. The first kappa shape index (κ1) is 20.2. The summed E-state index contributed by atoms with van der Waals surface area (Å²) in [5.41, 5.74) is 0.648. The van der Waals surface area contributed by atoms with Crippen LogP contribution in [0.2, 0.25) is 0 Å². The van der Waals surface area contributed by atoms with Gasteiger partial charge in [-0.3, -0.25) is 0 Å². The van der Waals surface area contributed by atoms with Crippen molar-refractivity contribution < 1.29 is 21.6 Å². The van der Waals surface area contributed by atoms with Gasteiger partial charge < -0.3 is 4.74 Å². The van der Waals surface area contributed by atoms with Crippen molar-refractivity contribution in [2.45, 2.75) is 18.5 Å². The highest BCUT2D eigenvalue weighted by Crippen LogP contribution is 2.27. The number of ether oxygens (including phenoxy) is 1. The van der Waals surface area contributed by atoms with Crippen LogP contribution in [0.5, 0.6) is 5.75 Å². The summed E-state index contributed by atoms with van der Waals surface area (Å²) >= 11 is 0. The molecule has 3 rings (SSSR count). The van der Waals surface area contributed by atoms with Gasteiger partial charge in [-0.05, 0) is 18.6 Å². The van der Waals surface area contributed by atoms with Crippen molar-refractivity contribution in [3.05, 3.63) is 36.7 Å². The molecular formula is C17H20N4O5S2. The van der Waals surface area contributed by atoms with Gasteiger partial charge in [0, 0.05) is 18.5 Å². The van der Waals surface area contributed by atoms with Gasteiger partial charge >= 0.3 is 0 Å². The molecule has 0 unspecified atom stereocenters. The van der Waals surface area contributed by atoms with Crippen LogP contribution >= 0.6 is 0 Å². The van der Waals surface area contributed by atoms with Crippen LogP contribution in [-0.4, -0.2) is 61.0 Å². The molecule has 3 aromatic rings. The van der Waals surface area contributed by atoms with E-state index >= 15 is 0 Å². The zero-order valence-electron chi connectivity index (χ0n) is 15.4. The molecule has 1 aromatic carbocycles. The van der Waals surface area contributed by atoms with Crippen LogP contribution < -0.4 is 4.74 Å². The number of nitrogens with zero attached hydrogens (tertiary/aromatic N) is 4. The summed E-state index contributed by atoms with van der Waals surface area (Å²) in [4.78, 5) is 8.04. The summed E-state index contributed by atoms with van der Waals surface area (Å²) in [6.45, 7) is 1.80. The first-order valence-electron chi connectivity index (χ1n) is 8.55. The molecule has 0 bridgehead atoms. The van der Waals surface area contributed by atoms with Gasteiger partial charge in [0.05, 0.1) is 28.6 Å². The third-order valence-corrected chi connectivity index (χ3v) is 6.48.